The third kappa shape index (κ3) is 3.60. The van der Waals surface area contributed by atoms with Crippen LogP contribution in [0, 0.1) is 12.7 Å². The van der Waals surface area contributed by atoms with Gasteiger partial charge in [0, 0.05) is 17.8 Å². The van der Waals surface area contributed by atoms with E-state index in [2.05, 4.69) is 15.5 Å². The van der Waals surface area contributed by atoms with Crippen LogP contribution in [0.5, 0.6) is 0 Å². The number of rotatable bonds is 4. The van der Waals surface area contributed by atoms with E-state index in [-0.39, 0.29) is 18.1 Å². The van der Waals surface area contributed by atoms with Crippen molar-refractivity contribution in [3.63, 3.8) is 0 Å². The van der Waals surface area contributed by atoms with Crippen molar-refractivity contribution in [3.8, 4) is 11.3 Å². The van der Waals surface area contributed by atoms with Crippen molar-refractivity contribution >= 4 is 11.7 Å². The van der Waals surface area contributed by atoms with Crippen LogP contribution in [0.4, 0.5) is 10.2 Å². The number of carbonyl (C=O) groups is 1. The summed E-state index contributed by atoms with van der Waals surface area (Å²) in [5.74, 6) is 0.464. The predicted molar refractivity (Wildman–Crippen MR) is 83.2 cm³/mol. The molecule has 0 saturated heterocycles. The van der Waals surface area contributed by atoms with Gasteiger partial charge in [-0.25, -0.2) is 9.37 Å². The van der Waals surface area contributed by atoms with Crippen molar-refractivity contribution in [1.29, 1.82) is 0 Å². The van der Waals surface area contributed by atoms with Crippen LogP contribution < -0.4 is 5.32 Å². The number of carbonyl (C=O) groups excluding carboxylic acids is 1. The number of aryl methyl sites for hydroxylation is 1. The smallest absolute Gasteiger partial charge is 0.231 e. The fourth-order valence-electron chi connectivity index (χ4n) is 2.10. The molecule has 3 aromatic rings. The van der Waals surface area contributed by atoms with Crippen LogP contribution in [0.3, 0.4) is 0 Å². The second-order valence-electron chi connectivity index (χ2n) is 5.08. The Bertz CT molecular complexity index is 828. The molecule has 1 N–H and O–H groups in total. The zero-order valence-electron chi connectivity index (χ0n) is 12.4. The van der Waals surface area contributed by atoms with Gasteiger partial charge in [0.2, 0.25) is 5.91 Å². The van der Waals surface area contributed by atoms with E-state index in [1.807, 2.05) is 13.0 Å². The minimum Gasteiger partial charge on any atom is -0.356 e. The number of nitrogens with one attached hydrogen (secondary N) is 1. The number of halogens is 1. The standard InChI is InChI=1S/C17H14FN3O2/c1-11-3-2-8-19-17(11)20-16(22)10-14-9-15(23-21-14)12-4-6-13(18)7-5-12/h2-9H,10H2,1H3,(H,19,20,22). The molecule has 2 heterocycles. The van der Waals surface area contributed by atoms with Crippen molar-refractivity contribution < 1.29 is 13.7 Å². The molecule has 0 aliphatic rings. The van der Waals surface area contributed by atoms with Crippen molar-refractivity contribution in [3.05, 3.63) is 65.7 Å². The number of anilines is 1. The molecule has 0 spiro atoms. The number of aromatic nitrogens is 2. The molecule has 0 atom stereocenters. The van der Waals surface area contributed by atoms with Gasteiger partial charge in [-0.2, -0.15) is 0 Å². The predicted octanol–water partition coefficient (Wildman–Crippen LogP) is 3.37. The maximum atomic E-state index is 12.9. The SMILES string of the molecule is Cc1cccnc1NC(=O)Cc1cc(-c2ccc(F)cc2)on1. The van der Waals surface area contributed by atoms with E-state index in [1.54, 1.807) is 30.5 Å². The van der Waals surface area contributed by atoms with E-state index in [0.29, 0.717) is 22.8 Å². The molecule has 0 saturated carbocycles. The summed E-state index contributed by atoms with van der Waals surface area (Å²) in [7, 11) is 0. The highest BCUT2D eigenvalue weighted by Gasteiger charge is 2.12. The molecule has 3 rings (SSSR count). The Hall–Kier alpha value is -3.02. The summed E-state index contributed by atoms with van der Waals surface area (Å²) in [5.41, 5.74) is 2.08. The van der Waals surface area contributed by atoms with E-state index in [9.17, 15) is 9.18 Å². The zero-order chi connectivity index (χ0) is 16.2. The summed E-state index contributed by atoms with van der Waals surface area (Å²) >= 11 is 0. The van der Waals surface area contributed by atoms with Gasteiger partial charge in [0.05, 0.1) is 12.1 Å². The van der Waals surface area contributed by atoms with Crippen LogP contribution in [0.2, 0.25) is 0 Å². The monoisotopic (exact) mass is 311 g/mol. The molecule has 0 aliphatic heterocycles. The molecule has 2 aromatic heterocycles. The van der Waals surface area contributed by atoms with Crippen molar-refractivity contribution in [1.82, 2.24) is 10.1 Å². The second-order valence-corrected chi connectivity index (χ2v) is 5.08. The highest BCUT2D eigenvalue weighted by molar-refractivity contribution is 5.91. The summed E-state index contributed by atoms with van der Waals surface area (Å²) in [6.07, 6.45) is 1.69. The van der Waals surface area contributed by atoms with Crippen LogP contribution >= 0.6 is 0 Å². The molecule has 0 aliphatic carbocycles. The van der Waals surface area contributed by atoms with Gasteiger partial charge in [-0.3, -0.25) is 4.79 Å². The third-order valence-electron chi connectivity index (χ3n) is 3.30. The molecule has 1 amide bonds. The first-order valence-corrected chi connectivity index (χ1v) is 7.05. The van der Waals surface area contributed by atoms with E-state index in [4.69, 9.17) is 4.52 Å². The molecule has 23 heavy (non-hydrogen) atoms. The zero-order valence-corrected chi connectivity index (χ0v) is 12.4. The van der Waals surface area contributed by atoms with Crippen LogP contribution in [-0.4, -0.2) is 16.0 Å². The van der Waals surface area contributed by atoms with E-state index in [1.165, 1.54) is 12.1 Å². The minimum atomic E-state index is -0.321. The van der Waals surface area contributed by atoms with Crippen LogP contribution in [0.15, 0.2) is 53.2 Å². The number of nitrogens with zero attached hydrogens (tertiary/aromatic N) is 2. The third-order valence-corrected chi connectivity index (χ3v) is 3.30. The maximum Gasteiger partial charge on any atom is 0.231 e. The molecule has 0 unspecified atom stereocenters. The van der Waals surface area contributed by atoms with Gasteiger partial charge in [-0.15, -0.1) is 0 Å². The van der Waals surface area contributed by atoms with Gasteiger partial charge in [0.1, 0.15) is 11.6 Å². The number of pyridine rings is 1. The van der Waals surface area contributed by atoms with E-state index < -0.39 is 0 Å². The average Bonchev–Trinajstić information content (AvgIpc) is 2.98. The van der Waals surface area contributed by atoms with E-state index >= 15 is 0 Å². The topological polar surface area (TPSA) is 68.0 Å². The lowest BCUT2D eigenvalue weighted by molar-refractivity contribution is -0.115. The number of amides is 1. The van der Waals surface area contributed by atoms with Crippen molar-refractivity contribution in [2.45, 2.75) is 13.3 Å². The summed E-state index contributed by atoms with van der Waals surface area (Å²) in [5, 5.41) is 6.60. The fraction of sp³-hybridized carbons (Fsp3) is 0.118. The molecule has 0 radical (unpaired) electrons. The Morgan fingerprint density at radius 1 is 1.26 bits per heavy atom. The lowest BCUT2D eigenvalue weighted by atomic mass is 10.1. The van der Waals surface area contributed by atoms with Gasteiger partial charge >= 0.3 is 0 Å². The van der Waals surface area contributed by atoms with E-state index in [0.717, 1.165) is 5.56 Å². The summed E-state index contributed by atoms with van der Waals surface area (Å²) in [6, 6.07) is 11.2. The first-order valence-electron chi connectivity index (χ1n) is 7.05. The summed E-state index contributed by atoms with van der Waals surface area (Å²) in [4.78, 5) is 16.2. The van der Waals surface area contributed by atoms with Gasteiger partial charge in [0.15, 0.2) is 5.76 Å². The molecule has 0 bridgehead atoms. The number of hydrogen-bond donors (Lipinski definition) is 1. The Labute approximate surface area is 132 Å². The highest BCUT2D eigenvalue weighted by Crippen LogP contribution is 2.21. The lowest BCUT2D eigenvalue weighted by Gasteiger charge is -2.05. The Morgan fingerprint density at radius 2 is 2.04 bits per heavy atom. The Balaban J connectivity index is 1.68. The van der Waals surface area contributed by atoms with Gasteiger partial charge in [0.25, 0.3) is 0 Å². The van der Waals surface area contributed by atoms with Crippen LogP contribution in [0.25, 0.3) is 11.3 Å². The highest BCUT2D eigenvalue weighted by atomic mass is 19.1. The van der Waals surface area contributed by atoms with Gasteiger partial charge in [-0.05, 0) is 42.8 Å². The first-order chi connectivity index (χ1) is 11.1. The Morgan fingerprint density at radius 3 is 2.78 bits per heavy atom. The summed E-state index contributed by atoms with van der Waals surface area (Å²) in [6.45, 7) is 1.87. The fourth-order valence-corrected chi connectivity index (χ4v) is 2.10. The molecule has 5 nitrogen and oxygen atoms in total. The quantitative estimate of drug-likeness (QED) is 0.802. The minimum absolute atomic E-state index is 0.0701. The largest absolute Gasteiger partial charge is 0.356 e. The molecular formula is C17H14FN3O2. The molecule has 0 fully saturated rings. The number of benzene rings is 1. The number of hydrogen-bond acceptors (Lipinski definition) is 4. The normalized spacial score (nSPS) is 10.5. The molecule has 116 valence electrons. The summed E-state index contributed by atoms with van der Waals surface area (Å²) < 4.78 is 18.1. The maximum absolute atomic E-state index is 12.9. The van der Waals surface area contributed by atoms with Crippen LogP contribution in [0.1, 0.15) is 11.3 Å². The molecular weight excluding hydrogens is 297 g/mol. The van der Waals surface area contributed by atoms with Gasteiger partial charge in [-0.1, -0.05) is 11.2 Å². The Kier molecular flexibility index (Phi) is 4.14. The second kappa shape index (κ2) is 6.39. The average molecular weight is 311 g/mol. The van der Waals surface area contributed by atoms with Crippen molar-refractivity contribution in [2.24, 2.45) is 0 Å². The first kappa shape index (κ1) is 14.9. The van der Waals surface area contributed by atoms with Crippen LogP contribution in [-0.2, 0) is 11.2 Å². The molecule has 6 heteroatoms. The lowest BCUT2D eigenvalue weighted by Crippen LogP contribution is -2.16. The molecule has 1 aromatic carbocycles. The van der Waals surface area contributed by atoms with Gasteiger partial charge < -0.3 is 9.84 Å². The van der Waals surface area contributed by atoms with Crippen molar-refractivity contribution in [2.75, 3.05) is 5.32 Å².